The number of nitrogens with one attached hydrogen (secondary N) is 1. The Morgan fingerprint density at radius 1 is 0.683 bits per heavy atom. The molecular formula is C46H49ClN8O5. The molecule has 10 rings (SSSR count). The van der Waals surface area contributed by atoms with E-state index in [9.17, 15) is 24.0 Å². The zero-order chi connectivity index (χ0) is 41.3. The zero-order valence-electron chi connectivity index (χ0n) is 33.7. The Kier molecular flexibility index (Phi) is 9.63. The van der Waals surface area contributed by atoms with E-state index in [2.05, 4.69) is 46.8 Å². The van der Waals surface area contributed by atoms with Gasteiger partial charge in [0.1, 0.15) is 6.04 Å². The molecule has 310 valence electrons. The van der Waals surface area contributed by atoms with Crippen LogP contribution in [0.25, 0.3) is 4.85 Å². The fraction of sp³-hybridized carbons (Fsp3) is 0.478. The minimum atomic E-state index is -0.972. The standard InChI is InChI=1S/C46H49ClN8O5/c1-48-38-9-7-34(25-37(38)47)52-22-16-45(26-52)14-20-51(21-15-45)31-4-2-30(3-5-31)42(58)53-23-17-46(27-53)28-54(29-46)32-12-18-50(19-13-32)33-6-8-35-36(24-33)44(60)55(43(35)59)39-10-11-40(56)49-41(39)57/h2-9,24-25,32,39H,10-23,26-29H2,(H,49,56,57). The molecule has 0 bridgehead atoms. The minimum absolute atomic E-state index is 0.0937. The smallest absolute Gasteiger partial charge is 0.262 e. The predicted molar refractivity (Wildman–Crippen MR) is 228 cm³/mol. The average Bonchev–Trinajstić information content (AvgIpc) is 3.95. The summed E-state index contributed by atoms with van der Waals surface area (Å²) < 4.78 is 0. The van der Waals surface area contributed by atoms with Gasteiger partial charge in [0.2, 0.25) is 17.5 Å². The molecule has 0 radical (unpaired) electrons. The van der Waals surface area contributed by atoms with Gasteiger partial charge in [0, 0.05) is 111 Å². The van der Waals surface area contributed by atoms with Gasteiger partial charge in [0.15, 0.2) is 0 Å². The van der Waals surface area contributed by atoms with E-state index in [-0.39, 0.29) is 30.1 Å². The fourth-order valence-corrected chi connectivity index (χ4v) is 11.4. The number of likely N-dealkylation sites (tertiary alicyclic amines) is 2. The van der Waals surface area contributed by atoms with Crippen molar-refractivity contribution in [1.29, 1.82) is 0 Å². The number of benzene rings is 3. The van der Waals surface area contributed by atoms with Crippen LogP contribution in [0.5, 0.6) is 0 Å². The molecular weight excluding hydrogens is 780 g/mol. The molecule has 1 N–H and O–H groups in total. The van der Waals surface area contributed by atoms with Crippen molar-refractivity contribution >= 4 is 63.9 Å². The van der Waals surface area contributed by atoms with Crippen molar-refractivity contribution < 1.29 is 24.0 Å². The van der Waals surface area contributed by atoms with Crippen molar-refractivity contribution in [2.45, 2.75) is 63.5 Å². The number of halogens is 1. The lowest BCUT2D eigenvalue weighted by molar-refractivity contribution is -0.136. The van der Waals surface area contributed by atoms with Crippen LogP contribution in [0.4, 0.5) is 22.7 Å². The minimum Gasteiger partial charge on any atom is -0.371 e. The molecule has 6 fully saturated rings. The van der Waals surface area contributed by atoms with Crippen LogP contribution in [0, 0.1) is 17.4 Å². The van der Waals surface area contributed by atoms with E-state index in [1.165, 1.54) is 5.69 Å². The Balaban J connectivity index is 0.682. The molecule has 1 atom stereocenters. The third-order valence-corrected chi connectivity index (χ3v) is 15.0. The highest BCUT2D eigenvalue weighted by Gasteiger charge is 2.51. The maximum atomic E-state index is 13.7. The largest absolute Gasteiger partial charge is 0.371 e. The molecule has 13 nitrogen and oxygen atoms in total. The van der Waals surface area contributed by atoms with Gasteiger partial charge in [0.05, 0.1) is 17.7 Å². The lowest BCUT2D eigenvalue weighted by Gasteiger charge is -2.53. The van der Waals surface area contributed by atoms with Crippen molar-refractivity contribution in [2.24, 2.45) is 10.8 Å². The SMILES string of the molecule is [C-]#[N+]c1ccc(N2CCC3(CCN(c4ccc(C(=O)N5CCC6(C5)CN(C5CCN(c7ccc8c(c7)C(=O)N(C7CCC(=O)NC7=O)C8=O)CC5)C6)cc4)CC3)C2)cc1Cl. The molecule has 14 heteroatoms. The highest BCUT2D eigenvalue weighted by atomic mass is 35.5. The highest BCUT2D eigenvalue weighted by molar-refractivity contribution is 6.33. The first-order valence-electron chi connectivity index (χ1n) is 21.4. The molecule has 2 spiro atoms. The summed E-state index contributed by atoms with van der Waals surface area (Å²) in [5.74, 6) is -1.84. The molecule has 3 aromatic carbocycles. The van der Waals surface area contributed by atoms with Crippen LogP contribution in [0.15, 0.2) is 60.7 Å². The molecule has 5 amide bonds. The summed E-state index contributed by atoms with van der Waals surface area (Å²) >= 11 is 6.35. The summed E-state index contributed by atoms with van der Waals surface area (Å²) in [7, 11) is 0. The van der Waals surface area contributed by atoms with Gasteiger partial charge in [0.25, 0.3) is 17.7 Å². The highest BCUT2D eigenvalue weighted by Crippen LogP contribution is 2.45. The number of carbonyl (C=O) groups is 5. The van der Waals surface area contributed by atoms with E-state index >= 15 is 0 Å². The first-order chi connectivity index (χ1) is 29.0. The quantitative estimate of drug-likeness (QED) is 0.250. The van der Waals surface area contributed by atoms with Crippen molar-refractivity contribution in [2.75, 3.05) is 80.1 Å². The van der Waals surface area contributed by atoms with Gasteiger partial charge < -0.3 is 19.6 Å². The van der Waals surface area contributed by atoms with Gasteiger partial charge in [-0.3, -0.25) is 39.1 Å². The Bertz CT molecular complexity index is 2320. The van der Waals surface area contributed by atoms with E-state index in [4.69, 9.17) is 18.2 Å². The molecule has 7 aliphatic heterocycles. The Hall–Kier alpha value is -5.45. The Morgan fingerprint density at radius 2 is 1.32 bits per heavy atom. The Labute approximate surface area is 355 Å². The van der Waals surface area contributed by atoms with E-state index in [1.807, 2.05) is 36.4 Å². The van der Waals surface area contributed by atoms with Crippen LogP contribution < -0.4 is 20.0 Å². The van der Waals surface area contributed by atoms with Crippen molar-refractivity contribution in [3.8, 4) is 0 Å². The normalized spacial score (nSPS) is 24.0. The van der Waals surface area contributed by atoms with Crippen LogP contribution in [0.3, 0.4) is 0 Å². The second-order valence-corrected chi connectivity index (χ2v) is 18.6. The van der Waals surface area contributed by atoms with Gasteiger partial charge in [-0.15, -0.1) is 0 Å². The molecule has 7 aliphatic rings. The van der Waals surface area contributed by atoms with Crippen LogP contribution in [0.2, 0.25) is 5.02 Å². The maximum Gasteiger partial charge on any atom is 0.262 e. The second kappa shape index (κ2) is 14.9. The van der Waals surface area contributed by atoms with Gasteiger partial charge in [-0.25, -0.2) is 4.85 Å². The van der Waals surface area contributed by atoms with Gasteiger partial charge in [-0.05, 0) is 105 Å². The first kappa shape index (κ1) is 38.7. The van der Waals surface area contributed by atoms with Gasteiger partial charge >= 0.3 is 0 Å². The van der Waals surface area contributed by atoms with Crippen molar-refractivity contribution in [3.63, 3.8) is 0 Å². The third-order valence-electron chi connectivity index (χ3n) is 14.7. The summed E-state index contributed by atoms with van der Waals surface area (Å²) in [5.41, 5.74) is 5.47. The molecule has 1 unspecified atom stereocenters. The van der Waals surface area contributed by atoms with Crippen LogP contribution in [0.1, 0.15) is 82.4 Å². The molecule has 0 saturated carbocycles. The topological polar surface area (TPSA) is 121 Å². The lowest BCUT2D eigenvalue weighted by Crippen LogP contribution is -2.62. The summed E-state index contributed by atoms with van der Waals surface area (Å²) in [6, 6.07) is 18.9. The number of hydrogen-bond acceptors (Lipinski definition) is 9. The van der Waals surface area contributed by atoms with Crippen molar-refractivity contribution in [3.05, 3.63) is 93.8 Å². The number of nitrogens with zero attached hydrogens (tertiary/aromatic N) is 7. The number of anilines is 3. The van der Waals surface area contributed by atoms with Crippen molar-refractivity contribution in [1.82, 2.24) is 20.0 Å². The van der Waals surface area contributed by atoms with E-state index in [0.717, 1.165) is 126 Å². The first-order valence-corrected chi connectivity index (χ1v) is 21.8. The molecule has 60 heavy (non-hydrogen) atoms. The van der Waals surface area contributed by atoms with Crippen LogP contribution >= 0.6 is 11.6 Å². The summed E-state index contributed by atoms with van der Waals surface area (Å²) in [4.78, 5) is 80.6. The number of hydrogen-bond donors (Lipinski definition) is 1. The third kappa shape index (κ3) is 6.78. The number of amides is 5. The Morgan fingerprint density at radius 3 is 2.02 bits per heavy atom. The molecule has 0 aromatic heterocycles. The monoisotopic (exact) mass is 828 g/mol. The summed E-state index contributed by atoms with van der Waals surface area (Å²) in [6.45, 7) is 16.5. The van der Waals surface area contributed by atoms with Gasteiger partial charge in [-0.1, -0.05) is 17.7 Å². The second-order valence-electron chi connectivity index (χ2n) is 18.2. The van der Waals surface area contributed by atoms with E-state index in [1.54, 1.807) is 12.1 Å². The lowest BCUT2D eigenvalue weighted by atomic mass is 9.77. The number of rotatable bonds is 6. The molecule has 7 heterocycles. The molecule has 3 aromatic rings. The summed E-state index contributed by atoms with van der Waals surface area (Å²) in [6.07, 6.45) is 6.64. The average molecular weight is 829 g/mol. The number of carbonyl (C=O) groups excluding carboxylic acids is 5. The number of fused-ring (bicyclic) bond motifs is 1. The van der Waals surface area contributed by atoms with Gasteiger partial charge in [-0.2, -0.15) is 0 Å². The van der Waals surface area contributed by atoms with Crippen LogP contribution in [-0.2, 0) is 9.59 Å². The molecule has 6 saturated heterocycles. The zero-order valence-corrected chi connectivity index (χ0v) is 34.5. The van der Waals surface area contributed by atoms with E-state index in [0.29, 0.717) is 33.3 Å². The predicted octanol–water partition coefficient (Wildman–Crippen LogP) is 5.61. The van der Waals surface area contributed by atoms with Crippen LogP contribution in [-0.4, -0.2) is 122 Å². The molecule has 0 aliphatic carbocycles. The fourth-order valence-electron chi connectivity index (χ4n) is 11.2. The maximum absolute atomic E-state index is 13.7. The summed E-state index contributed by atoms with van der Waals surface area (Å²) in [5, 5.41) is 2.77. The van der Waals surface area contributed by atoms with E-state index < -0.39 is 23.8 Å². The number of piperidine rings is 3. The number of imide groups is 2.